The number of nitrogens with two attached hydrogens (primary N) is 3. The molecule has 450 valence electrons. The molecular weight excluding hydrogens is 1100 g/mol. The van der Waals surface area contributed by atoms with E-state index < -0.39 is 33.4 Å². The van der Waals surface area contributed by atoms with Gasteiger partial charge in [-0.1, -0.05) is 43.8 Å². The summed E-state index contributed by atoms with van der Waals surface area (Å²) in [5.74, 6) is 2.21. The Hall–Kier alpha value is -10.4. The van der Waals surface area contributed by atoms with Gasteiger partial charge in [0, 0.05) is 21.1 Å². The lowest BCUT2D eigenvalue weighted by molar-refractivity contribution is -0.383. The van der Waals surface area contributed by atoms with E-state index >= 15 is 0 Å². The molecule has 0 unspecified atom stereocenters. The fourth-order valence-electron chi connectivity index (χ4n) is 8.56. The first-order chi connectivity index (χ1) is 39.7. The molecule has 2 amide bonds. The molecule has 28 heteroatoms. The Kier molecular flexibility index (Phi) is 22.3. The number of aromatic amines is 1. The fraction of sp³-hybridized carbons (Fsp3) is 0.321. The highest BCUT2D eigenvalue weighted by Gasteiger charge is 2.32. The van der Waals surface area contributed by atoms with E-state index in [1.165, 1.54) is 12.1 Å². The van der Waals surface area contributed by atoms with Gasteiger partial charge in [0.2, 0.25) is 29.3 Å². The van der Waals surface area contributed by atoms with Crippen molar-refractivity contribution in [3.8, 4) is 34.9 Å². The van der Waals surface area contributed by atoms with Gasteiger partial charge < -0.3 is 60.1 Å². The summed E-state index contributed by atoms with van der Waals surface area (Å²) >= 11 is 0. The van der Waals surface area contributed by atoms with Crippen molar-refractivity contribution in [1.29, 1.82) is 0 Å². The summed E-state index contributed by atoms with van der Waals surface area (Å²) in [6.45, 7) is 6.38. The van der Waals surface area contributed by atoms with Crippen molar-refractivity contribution in [3.63, 3.8) is 0 Å². The van der Waals surface area contributed by atoms with Crippen molar-refractivity contribution in [2.24, 2.45) is 0 Å². The lowest BCUT2D eigenvalue weighted by atomic mass is 10.2. The van der Waals surface area contributed by atoms with Crippen LogP contribution < -0.4 is 61.1 Å². The van der Waals surface area contributed by atoms with Gasteiger partial charge in [-0.3, -0.25) is 39.3 Å². The molecule has 7 N–H and O–H groups in total. The summed E-state index contributed by atoms with van der Waals surface area (Å²) in [4.78, 5) is 76.8. The molecule has 0 fully saturated rings. The van der Waals surface area contributed by atoms with Crippen molar-refractivity contribution in [2.45, 2.75) is 66.6 Å². The number of amides is 2. The number of rotatable bonds is 4. The number of carbonyl (C=O) groups excluding carboxylic acids is 2. The Morgan fingerprint density at radius 1 is 0.595 bits per heavy atom. The maximum atomic E-state index is 12.7. The lowest BCUT2D eigenvalue weighted by Gasteiger charge is -2.23. The Labute approximate surface area is 483 Å². The maximum absolute atomic E-state index is 12.7. The normalized spacial score (nSPS) is 14.2. The molecular formula is C56H69FN12O15. The second-order valence-corrected chi connectivity index (χ2v) is 18.1. The van der Waals surface area contributed by atoms with Crippen LogP contribution in [0.15, 0.2) is 108 Å². The zero-order valence-electron chi connectivity index (χ0n) is 45.3. The third-order valence-electron chi connectivity index (χ3n) is 12.3. The Morgan fingerprint density at radius 2 is 1.00 bits per heavy atom. The van der Waals surface area contributed by atoms with Crippen LogP contribution in [-0.4, -0.2) is 99.4 Å². The first-order valence-electron chi connectivity index (χ1n) is 26.1. The number of nitrogen functional groups attached to an aromatic ring is 3. The second kappa shape index (κ2) is 29.9. The van der Waals surface area contributed by atoms with E-state index in [1.807, 2.05) is 30.3 Å². The van der Waals surface area contributed by atoms with Gasteiger partial charge in [0.15, 0.2) is 5.82 Å². The average Bonchev–Trinajstić information content (AvgIpc) is 1.67. The smallest absolute Gasteiger partial charge is 0.414 e. The second-order valence-electron chi connectivity index (χ2n) is 18.1. The van der Waals surface area contributed by atoms with Gasteiger partial charge in [-0.25, -0.2) is 14.4 Å². The molecule has 7 heterocycles. The number of imidazole rings is 1. The molecule has 3 aliphatic heterocycles. The summed E-state index contributed by atoms with van der Waals surface area (Å²) in [6, 6.07) is 26.4. The topological polar surface area (TPSA) is 355 Å². The number of ether oxygens (including phenoxy) is 8. The third-order valence-corrected chi connectivity index (χ3v) is 12.3. The first kappa shape index (κ1) is 62.8. The fourth-order valence-corrected chi connectivity index (χ4v) is 8.56. The molecule has 3 aliphatic rings. The highest BCUT2D eigenvalue weighted by molar-refractivity contribution is 5.94. The molecule has 7 aromatic rings. The van der Waals surface area contributed by atoms with Crippen molar-refractivity contribution >= 4 is 63.4 Å². The van der Waals surface area contributed by atoms with Gasteiger partial charge in [0.1, 0.15) is 47.4 Å². The minimum atomic E-state index is -0.759. The molecule has 0 saturated heterocycles. The van der Waals surface area contributed by atoms with Crippen LogP contribution in [0.1, 0.15) is 66.5 Å². The number of H-pyrrole nitrogens is 1. The SMILES string of the molecule is C.CCOC(=O)N1Cc2cccc(c2)OC/C=C/COc2cc1c([N+](=O)[O-])c(N)n2.CCOC(=O)N1Cc2cccc(c2)OCCCCOc2cc1c([N+](=O)[O-])c(N)n2.F.Nc1nc2cc3c1[nH]c(=O)n3Cc1cccc(c1)OCCCCO2.[HH].[HH]. The summed E-state index contributed by atoms with van der Waals surface area (Å²) < 4.78 is 45.8. The number of nitro groups is 2. The molecule has 0 spiro atoms. The number of benzene rings is 3. The number of anilines is 5. The van der Waals surface area contributed by atoms with E-state index in [0.29, 0.717) is 85.5 Å². The number of carbonyl (C=O) groups is 2. The van der Waals surface area contributed by atoms with Crippen molar-refractivity contribution in [2.75, 3.05) is 79.9 Å². The van der Waals surface area contributed by atoms with Crippen LogP contribution >= 0.6 is 0 Å². The van der Waals surface area contributed by atoms with Crippen LogP contribution in [0.25, 0.3) is 11.0 Å². The molecule has 4 aromatic heterocycles. The number of halogens is 1. The molecule has 0 aliphatic carbocycles. The number of hydrogen-bond donors (Lipinski definition) is 4. The van der Waals surface area contributed by atoms with E-state index in [1.54, 1.807) is 79.1 Å². The highest BCUT2D eigenvalue weighted by atomic mass is 19.0. The van der Waals surface area contributed by atoms with Crippen LogP contribution in [0.5, 0.6) is 34.9 Å². The number of nitrogens with zero attached hydrogens (tertiary/aromatic N) is 8. The van der Waals surface area contributed by atoms with Crippen LogP contribution in [-0.2, 0) is 29.1 Å². The van der Waals surface area contributed by atoms with Gasteiger partial charge in [-0.2, -0.15) is 15.0 Å². The quantitative estimate of drug-likeness (QED) is 0.0723. The summed E-state index contributed by atoms with van der Waals surface area (Å²) in [5.41, 5.74) is 19.9. The van der Waals surface area contributed by atoms with Crippen molar-refractivity contribution in [1.82, 2.24) is 24.5 Å². The number of hydrogen-bond acceptors (Lipinski definition) is 21. The van der Waals surface area contributed by atoms with Crippen LogP contribution in [0, 0.1) is 20.2 Å². The zero-order valence-corrected chi connectivity index (χ0v) is 45.3. The van der Waals surface area contributed by atoms with Crippen LogP contribution in [0.3, 0.4) is 0 Å². The largest absolute Gasteiger partial charge is 0.494 e. The molecule has 3 aromatic carbocycles. The zero-order chi connectivity index (χ0) is 58.1. The van der Waals surface area contributed by atoms with Crippen molar-refractivity contribution in [3.05, 3.63) is 151 Å². The van der Waals surface area contributed by atoms with E-state index in [2.05, 4.69) is 19.9 Å². The number of pyridine rings is 3. The van der Waals surface area contributed by atoms with E-state index in [-0.39, 0.29) is 94.2 Å². The standard InChI is InChI=1S/C19H22N4O6.C19H20N4O6.C17H18N4O3.CH4.FH.2H2/c2*1-2-27-19(24)22-12-13-6-5-7-14(10-13)28-8-3-4-9-29-16-11-15(22)17(23(25)26)18(20)21-16;18-16-15-13-9-14(19-16)24-7-2-1-6-23-12-5-3-4-11(8-12)10-21(13)17(22)20-15;;;;/h5-7,10-11H,2-4,8-9,12H2,1H3,(H2,20,21);3-7,10-11H,2,8-9,12H2,1H3,(H2,20,21);3-5,8-9H,1-2,6-7,10H2,(H2,18,19)(H,20,22);1H4;3*1H/b;4-3+;;;;;. The van der Waals surface area contributed by atoms with Gasteiger partial charge in [0.05, 0.1) is 74.6 Å². The maximum Gasteiger partial charge on any atom is 0.414 e. The number of fused-ring (bicyclic) bond motifs is 11. The van der Waals surface area contributed by atoms with Gasteiger partial charge >= 0.3 is 29.3 Å². The summed E-state index contributed by atoms with van der Waals surface area (Å²) in [7, 11) is 0. The molecule has 84 heavy (non-hydrogen) atoms. The highest BCUT2D eigenvalue weighted by Crippen LogP contribution is 2.39. The Balaban J connectivity index is 0.000000271. The van der Waals surface area contributed by atoms with E-state index in [4.69, 9.17) is 55.1 Å². The van der Waals surface area contributed by atoms with Gasteiger partial charge in [-0.15, -0.1) is 0 Å². The third kappa shape index (κ3) is 16.2. The molecule has 0 saturated carbocycles. The predicted molar refractivity (Wildman–Crippen MR) is 314 cm³/mol. The minimum absolute atomic E-state index is 0. The number of nitrogens with one attached hydrogen (secondary N) is 1. The first-order valence-corrected chi connectivity index (χ1v) is 26.1. The Morgan fingerprint density at radius 3 is 1.46 bits per heavy atom. The molecule has 27 nitrogen and oxygen atoms in total. The summed E-state index contributed by atoms with van der Waals surface area (Å²) in [5, 5.41) is 23.3. The molecule has 0 radical (unpaired) electrons. The van der Waals surface area contributed by atoms with E-state index in [0.717, 1.165) is 40.4 Å². The predicted octanol–water partition coefficient (Wildman–Crippen LogP) is 9.54. The number of aromatic nitrogens is 5. The lowest BCUT2D eigenvalue weighted by Crippen LogP contribution is -2.32. The minimum Gasteiger partial charge on any atom is -0.494 e. The van der Waals surface area contributed by atoms with E-state index in [9.17, 15) is 34.6 Å². The Bertz CT molecular complexity index is 3540. The average molecular weight is 1170 g/mol. The van der Waals surface area contributed by atoms with Gasteiger partial charge in [0.25, 0.3) is 0 Å². The molecule has 0 atom stereocenters. The monoisotopic (exact) mass is 1170 g/mol. The van der Waals surface area contributed by atoms with Gasteiger partial charge in [-0.05, 0) is 105 Å². The van der Waals surface area contributed by atoms with Crippen LogP contribution in [0.4, 0.5) is 54.5 Å². The summed E-state index contributed by atoms with van der Waals surface area (Å²) in [6.07, 6.45) is 5.17. The van der Waals surface area contributed by atoms with Crippen molar-refractivity contribution < 1.29 is 64.9 Å². The molecule has 10 rings (SSSR count). The molecule has 12 bridgehead atoms. The van der Waals surface area contributed by atoms with Crippen LogP contribution in [0.2, 0.25) is 0 Å².